The maximum absolute atomic E-state index is 11.5. The van der Waals surface area contributed by atoms with Gasteiger partial charge in [0.25, 0.3) is 0 Å². The maximum atomic E-state index is 11.5. The Morgan fingerprint density at radius 1 is 1.16 bits per heavy atom. The molecule has 110 valence electrons. The van der Waals surface area contributed by atoms with Crippen molar-refractivity contribution in [2.45, 2.75) is 64.8 Å². The smallest absolute Gasteiger partial charge is 0.226 e. The van der Waals surface area contributed by atoms with Crippen molar-refractivity contribution in [3.63, 3.8) is 0 Å². The highest BCUT2D eigenvalue weighted by atomic mass is 16.8. The van der Waals surface area contributed by atoms with Crippen LogP contribution in [-0.2, 0) is 23.7 Å². The normalized spacial score (nSPS) is 43.1. The van der Waals surface area contributed by atoms with Gasteiger partial charge in [-0.1, -0.05) is 13.8 Å². The van der Waals surface area contributed by atoms with Crippen molar-refractivity contribution in [1.29, 1.82) is 0 Å². The zero-order chi connectivity index (χ0) is 14.3. The first-order valence-corrected chi connectivity index (χ1v) is 6.89. The van der Waals surface area contributed by atoms with Crippen LogP contribution in [0.5, 0.6) is 0 Å². The maximum Gasteiger partial charge on any atom is 0.226 e. The summed E-state index contributed by atoms with van der Waals surface area (Å²) < 4.78 is 22.9. The van der Waals surface area contributed by atoms with Crippen LogP contribution in [0.1, 0.15) is 41.0 Å². The molecule has 0 aromatic heterocycles. The van der Waals surface area contributed by atoms with Crippen LogP contribution in [0.15, 0.2) is 0 Å². The van der Waals surface area contributed by atoms with Gasteiger partial charge in [0.05, 0.1) is 13.2 Å². The second kappa shape index (κ2) is 5.13. The van der Waals surface area contributed by atoms with E-state index in [9.17, 15) is 4.79 Å². The number of hydrogen-bond acceptors (Lipinski definition) is 5. The van der Waals surface area contributed by atoms with E-state index in [-0.39, 0.29) is 18.0 Å². The van der Waals surface area contributed by atoms with Crippen molar-refractivity contribution in [2.75, 3.05) is 13.2 Å². The molecule has 0 aromatic carbocycles. The molecule has 0 spiro atoms. The number of ether oxygens (including phenoxy) is 4. The highest BCUT2D eigenvalue weighted by Crippen LogP contribution is 2.35. The number of hydrogen-bond donors (Lipinski definition) is 0. The van der Waals surface area contributed by atoms with Crippen molar-refractivity contribution in [3.8, 4) is 0 Å². The summed E-state index contributed by atoms with van der Waals surface area (Å²) in [5, 5.41) is 0. The summed E-state index contributed by atoms with van der Waals surface area (Å²) in [4.78, 5) is 11.5. The SMILES string of the molecule is CC(=O)C1(C)OCC(C2COC(C)(CC(C)C)O2)O1. The molecule has 0 bridgehead atoms. The van der Waals surface area contributed by atoms with Crippen LogP contribution in [0.2, 0.25) is 0 Å². The van der Waals surface area contributed by atoms with Gasteiger partial charge in [-0.15, -0.1) is 0 Å². The third-order valence-electron chi connectivity index (χ3n) is 3.69. The second-order valence-electron chi connectivity index (χ2n) is 6.17. The molecule has 0 saturated carbocycles. The van der Waals surface area contributed by atoms with E-state index in [4.69, 9.17) is 18.9 Å². The Morgan fingerprint density at radius 3 is 2.26 bits per heavy atom. The highest BCUT2D eigenvalue weighted by Gasteiger charge is 2.49. The Bertz CT molecular complexity index is 356. The summed E-state index contributed by atoms with van der Waals surface area (Å²) in [5.41, 5.74) is 0. The minimum atomic E-state index is -1.13. The lowest BCUT2D eigenvalue weighted by Crippen LogP contribution is -2.38. The van der Waals surface area contributed by atoms with Gasteiger partial charge in [-0.3, -0.25) is 4.79 Å². The molecule has 2 saturated heterocycles. The van der Waals surface area contributed by atoms with Crippen LogP contribution >= 0.6 is 0 Å². The standard InChI is InChI=1S/C14H24O5/c1-9(2)6-13(4)16-7-11(18-13)12-8-17-14(5,19-12)10(3)15/h9,11-12H,6-8H2,1-5H3. The fourth-order valence-corrected chi connectivity index (χ4v) is 2.64. The average Bonchev–Trinajstić information content (AvgIpc) is 2.82. The Kier molecular flexibility index (Phi) is 4.02. The van der Waals surface area contributed by atoms with Gasteiger partial charge >= 0.3 is 0 Å². The zero-order valence-electron chi connectivity index (χ0n) is 12.4. The van der Waals surface area contributed by atoms with Gasteiger partial charge in [-0.25, -0.2) is 0 Å². The molecule has 2 heterocycles. The Hall–Kier alpha value is -0.490. The minimum absolute atomic E-state index is 0.126. The summed E-state index contributed by atoms with van der Waals surface area (Å²) in [6, 6.07) is 0. The fraction of sp³-hybridized carbons (Fsp3) is 0.929. The Balaban J connectivity index is 1.94. The third-order valence-corrected chi connectivity index (χ3v) is 3.69. The Morgan fingerprint density at radius 2 is 1.74 bits per heavy atom. The molecule has 4 unspecified atom stereocenters. The molecule has 2 aliphatic heterocycles. The summed E-state index contributed by atoms with van der Waals surface area (Å²) in [5.74, 6) is -1.33. The van der Waals surface area contributed by atoms with Crippen molar-refractivity contribution >= 4 is 5.78 Å². The molecule has 4 atom stereocenters. The van der Waals surface area contributed by atoms with Crippen LogP contribution < -0.4 is 0 Å². The van der Waals surface area contributed by atoms with Gasteiger partial charge in [0.15, 0.2) is 11.6 Å². The number of Topliss-reactive ketones (excluding diaryl/α,β-unsaturated/α-hetero) is 1. The lowest BCUT2D eigenvalue weighted by molar-refractivity contribution is -0.194. The van der Waals surface area contributed by atoms with Crippen LogP contribution in [0.4, 0.5) is 0 Å². The molecule has 19 heavy (non-hydrogen) atoms. The van der Waals surface area contributed by atoms with Crippen LogP contribution in [0, 0.1) is 5.92 Å². The minimum Gasteiger partial charge on any atom is -0.347 e. The lowest BCUT2D eigenvalue weighted by atomic mass is 10.0. The quantitative estimate of drug-likeness (QED) is 0.782. The van der Waals surface area contributed by atoms with E-state index in [1.54, 1.807) is 6.92 Å². The summed E-state index contributed by atoms with van der Waals surface area (Å²) >= 11 is 0. The number of carbonyl (C=O) groups excluding carboxylic acids is 1. The van der Waals surface area contributed by atoms with Gasteiger partial charge in [0.2, 0.25) is 5.79 Å². The van der Waals surface area contributed by atoms with E-state index in [0.717, 1.165) is 6.42 Å². The van der Waals surface area contributed by atoms with Gasteiger partial charge in [-0.05, 0) is 19.8 Å². The van der Waals surface area contributed by atoms with Crippen molar-refractivity contribution in [1.82, 2.24) is 0 Å². The fourth-order valence-electron chi connectivity index (χ4n) is 2.64. The van der Waals surface area contributed by atoms with E-state index in [0.29, 0.717) is 19.1 Å². The lowest BCUT2D eigenvalue weighted by Gasteiger charge is -2.26. The molecule has 2 rings (SSSR count). The number of carbonyl (C=O) groups is 1. The summed E-state index contributed by atoms with van der Waals surface area (Å²) in [7, 11) is 0. The number of ketones is 1. The van der Waals surface area contributed by atoms with E-state index in [2.05, 4.69) is 13.8 Å². The van der Waals surface area contributed by atoms with E-state index >= 15 is 0 Å². The second-order valence-corrected chi connectivity index (χ2v) is 6.17. The molecule has 0 aromatic rings. The number of rotatable bonds is 4. The molecule has 2 fully saturated rings. The first-order chi connectivity index (χ1) is 8.74. The largest absolute Gasteiger partial charge is 0.347 e. The molecular formula is C14H24O5. The topological polar surface area (TPSA) is 54.0 Å². The monoisotopic (exact) mass is 272 g/mol. The highest BCUT2D eigenvalue weighted by molar-refractivity contribution is 5.83. The first-order valence-electron chi connectivity index (χ1n) is 6.89. The van der Waals surface area contributed by atoms with Crippen molar-refractivity contribution in [2.24, 2.45) is 5.92 Å². The Labute approximate surface area is 114 Å². The molecule has 0 amide bonds. The van der Waals surface area contributed by atoms with Gasteiger partial charge in [0.1, 0.15) is 12.2 Å². The molecule has 5 heteroatoms. The first kappa shape index (κ1) is 14.9. The van der Waals surface area contributed by atoms with Gasteiger partial charge in [-0.2, -0.15) is 0 Å². The zero-order valence-corrected chi connectivity index (χ0v) is 12.4. The van der Waals surface area contributed by atoms with Crippen LogP contribution in [0.25, 0.3) is 0 Å². The van der Waals surface area contributed by atoms with Crippen LogP contribution in [0.3, 0.4) is 0 Å². The molecule has 0 radical (unpaired) electrons. The van der Waals surface area contributed by atoms with E-state index in [1.807, 2.05) is 6.92 Å². The van der Waals surface area contributed by atoms with Crippen molar-refractivity contribution in [3.05, 3.63) is 0 Å². The summed E-state index contributed by atoms with van der Waals surface area (Å²) in [6.45, 7) is 10.2. The molecule has 2 aliphatic rings. The predicted octanol–water partition coefficient (Wildman–Crippen LogP) is 1.88. The predicted molar refractivity (Wildman–Crippen MR) is 68.6 cm³/mol. The average molecular weight is 272 g/mol. The molecule has 5 nitrogen and oxygen atoms in total. The molecular weight excluding hydrogens is 248 g/mol. The molecule has 0 aliphatic carbocycles. The van der Waals surface area contributed by atoms with Gasteiger partial charge < -0.3 is 18.9 Å². The van der Waals surface area contributed by atoms with E-state index < -0.39 is 11.6 Å². The van der Waals surface area contributed by atoms with Crippen molar-refractivity contribution < 1.29 is 23.7 Å². The van der Waals surface area contributed by atoms with Gasteiger partial charge in [0, 0.05) is 13.3 Å². The van der Waals surface area contributed by atoms with E-state index in [1.165, 1.54) is 6.92 Å². The summed E-state index contributed by atoms with van der Waals surface area (Å²) in [6.07, 6.45) is 0.411. The van der Waals surface area contributed by atoms with Crippen LogP contribution in [-0.4, -0.2) is 42.8 Å². The third kappa shape index (κ3) is 3.16. The molecule has 0 N–H and O–H groups in total.